The maximum atomic E-state index is 8.72. The van der Waals surface area contributed by atoms with Crippen LogP contribution in [0.2, 0.25) is 10.0 Å². The quantitative estimate of drug-likeness (QED) is 0.910. The molecule has 0 saturated heterocycles. The van der Waals surface area contributed by atoms with E-state index in [-0.39, 0.29) is 6.42 Å². The van der Waals surface area contributed by atoms with Crippen LogP contribution in [0.3, 0.4) is 0 Å². The fourth-order valence-electron chi connectivity index (χ4n) is 1.62. The van der Waals surface area contributed by atoms with Crippen molar-refractivity contribution >= 4 is 29.0 Å². The molecule has 0 spiro atoms. The van der Waals surface area contributed by atoms with E-state index >= 15 is 0 Å². The van der Waals surface area contributed by atoms with Gasteiger partial charge in [-0.2, -0.15) is 5.26 Å². The number of nitrogens with two attached hydrogens (primary N) is 1. The molecule has 0 atom stereocenters. The smallest absolute Gasteiger partial charge is 0.127 e. The van der Waals surface area contributed by atoms with E-state index in [0.717, 1.165) is 11.1 Å². The van der Waals surface area contributed by atoms with Crippen molar-refractivity contribution in [3.63, 3.8) is 0 Å². The fourth-order valence-corrected chi connectivity index (χ4v) is 2.03. The monoisotopic (exact) mass is 277 g/mol. The highest BCUT2D eigenvalue weighted by Gasteiger charge is 2.09. The number of nitrogen functional groups attached to an aromatic ring is 1. The molecule has 1 heterocycles. The summed E-state index contributed by atoms with van der Waals surface area (Å²) < 4.78 is 0. The lowest BCUT2D eigenvalue weighted by atomic mass is 10.0. The average Bonchev–Trinajstić information content (AvgIpc) is 2.36. The molecule has 90 valence electrons. The zero-order chi connectivity index (χ0) is 13.1. The van der Waals surface area contributed by atoms with E-state index in [4.69, 9.17) is 34.2 Å². The van der Waals surface area contributed by atoms with Crippen LogP contribution >= 0.6 is 23.2 Å². The second-order valence-electron chi connectivity index (χ2n) is 3.70. The number of pyridine rings is 1. The Morgan fingerprint density at radius 1 is 1.33 bits per heavy atom. The highest BCUT2D eigenvalue weighted by Crippen LogP contribution is 2.33. The van der Waals surface area contributed by atoms with Crippen LogP contribution in [0.25, 0.3) is 11.1 Å². The molecule has 2 rings (SSSR count). The minimum absolute atomic E-state index is 0.213. The topological polar surface area (TPSA) is 62.7 Å². The summed E-state index contributed by atoms with van der Waals surface area (Å²) >= 11 is 12.1. The summed E-state index contributed by atoms with van der Waals surface area (Å²) in [6, 6.07) is 9.23. The molecule has 0 bridgehead atoms. The zero-order valence-electron chi connectivity index (χ0n) is 9.32. The van der Waals surface area contributed by atoms with Gasteiger partial charge in [-0.3, -0.25) is 0 Å². The van der Waals surface area contributed by atoms with Crippen LogP contribution < -0.4 is 5.73 Å². The van der Waals surface area contributed by atoms with Crippen molar-refractivity contribution in [2.45, 2.75) is 6.42 Å². The Balaban J connectivity index is 2.55. The summed E-state index contributed by atoms with van der Waals surface area (Å²) in [5, 5.41) is 9.67. The first-order valence-electron chi connectivity index (χ1n) is 5.19. The summed E-state index contributed by atoms with van der Waals surface area (Å²) in [5.74, 6) is 0.360. The van der Waals surface area contributed by atoms with E-state index in [1.807, 2.05) is 18.2 Å². The molecule has 0 aliphatic heterocycles. The Bertz CT molecular complexity index is 633. The van der Waals surface area contributed by atoms with Gasteiger partial charge in [0.15, 0.2) is 0 Å². The van der Waals surface area contributed by atoms with Crippen molar-refractivity contribution in [1.29, 1.82) is 5.26 Å². The maximum absolute atomic E-state index is 8.72. The molecule has 0 radical (unpaired) electrons. The lowest BCUT2D eigenvalue weighted by molar-refractivity contribution is 1.20. The fraction of sp³-hybridized carbons (Fsp3) is 0.0769. The number of anilines is 1. The second kappa shape index (κ2) is 5.26. The number of aromatic nitrogens is 1. The number of nitrogens with zero attached hydrogens (tertiary/aromatic N) is 2. The van der Waals surface area contributed by atoms with E-state index < -0.39 is 0 Å². The number of rotatable bonds is 2. The molecule has 2 N–H and O–H groups in total. The lowest BCUT2D eigenvalue weighted by Crippen LogP contribution is -1.97. The summed E-state index contributed by atoms with van der Waals surface area (Å²) in [6.45, 7) is 0. The van der Waals surface area contributed by atoms with Crippen LogP contribution in [0.15, 0.2) is 30.5 Å². The number of benzene rings is 1. The molecule has 1 aromatic heterocycles. The van der Waals surface area contributed by atoms with Gasteiger partial charge in [0.1, 0.15) is 5.82 Å². The van der Waals surface area contributed by atoms with Gasteiger partial charge in [-0.1, -0.05) is 35.3 Å². The van der Waals surface area contributed by atoms with Gasteiger partial charge in [0.25, 0.3) is 0 Å². The van der Waals surface area contributed by atoms with E-state index in [9.17, 15) is 0 Å². The normalized spacial score (nSPS) is 10.1. The number of hydrogen-bond donors (Lipinski definition) is 1. The molecule has 0 aliphatic rings. The van der Waals surface area contributed by atoms with Gasteiger partial charge in [0, 0.05) is 22.9 Å². The van der Waals surface area contributed by atoms with Crippen LogP contribution in [-0.4, -0.2) is 4.98 Å². The largest absolute Gasteiger partial charge is 0.383 e. The highest BCUT2D eigenvalue weighted by atomic mass is 35.5. The van der Waals surface area contributed by atoms with E-state index in [0.29, 0.717) is 21.4 Å². The molecule has 0 aliphatic carbocycles. The molecular formula is C13H9Cl2N3. The first-order chi connectivity index (χ1) is 8.63. The molecule has 0 amide bonds. The molecule has 18 heavy (non-hydrogen) atoms. The Hall–Kier alpha value is -1.76. The molecule has 1 aromatic carbocycles. The molecule has 3 nitrogen and oxygen atoms in total. The van der Waals surface area contributed by atoms with Crippen LogP contribution in [0.5, 0.6) is 0 Å². The van der Waals surface area contributed by atoms with Gasteiger partial charge in [-0.15, -0.1) is 0 Å². The van der Waals surface area contributed by atoms with Crippen molar-refractivity contribution in [3.8, 4) is 17.2 Å². The Kier molecular flexibility index (Phi) is 3.71. The molecule has 5 heteroatoms. The third-order valence-corrected chi connectivity index (χ3v) is 3.35. The minimum Gasteiger partial charge on any atom is -0.383 e. The van der Waals surface area contributed by atoms with Crippen molar-refractivity contribution in [3.05, 3.63) is 46.1 Å². The first-order valence-corrected chi connectivity index (χ1v) is 5.95. The molecule has 0 fully saturated rings. The second-order valence-corrected chi connectivity index (χ2v) is 4.49. The minimum atomic E-state index is 0.213. The van der Waals surface area contributed by atoms with Crippen LogP contribution in [0.1, 0.15) is 5.56 Å². The van der Waals surface area contributed by atoms with Gasteiger partial charge < -0.3 is 5.73 Å². The molecular weight excluding hydrogens is 269 g/mol. The summed E-state index contributed by atoms with van der Waals surface area (Å²) in [6.07, 6.45) is 1.83. The Morgan fingerprint density at radius 3 is 2.83 bits per heavy atom. The van der Waals surface area contributed by atoms with Crippen molar-refractivity contribution in [2.24, 2.45) is 0 Å². The predicted molar refractivity (Wildman–Crippen MR) is 73.4 cm³/mol. The number of halogens is 2. The summed E-state index contributed by atoms with van der Waals surface area (Å²) in [4.78, 5) is 4.07. The van der Waals surface area contributed by atoms with Crippen molar-refractivity contribution in [2.75, 3.05) is 5.73 Å². The van der Waals surface area contributed by atoms with E-state index in [1.54, 1.807) is 12.3 Å². The third kappa shape index (κ3) is 2.40. The number of hydrogen-bond acceptors (Lipinski definition) is 3. The summed E-state index contributed by atoms with van der Waals surface area (Å²) in [5.41, 5.74) is 7.95. The van der Waals surface area contributed by atoms with Crippen LogP contribution in [0, 0.1) is 11.3 Å². The van der Waals surface area contributed by atoms with Gasteiger partial charge >= 0.3 is 0 Å². The maximum Gasteiger partial charge on any atom is 0.127 e. The van der Waals surface area contributed by atoms with Gasteiger partial charge in [-0.25, -0.2) is 4.98 Å². The SMILES string of the molecule is N#CCc1cc(-c2cccc(Cl)c2Cl)cnc1N. The Labute approximate surface area is 115 Å². The summed E-state index contributed by atoms with van der Waals surface area (Å²) in [7, 11) is 0. The number of nitriles is 1. The van der Waals surface area contributed by atoms with E-state index in [2.05, 4.69) is 11.1 Å². The van der Waals surface area contributed by atoms with Gasteiger partial charge in [-0.05, 0) is 12.1 Å². The molecule has 0 unspecified atom stereocenters. The lowest BCUT2D eigenvalue weighted by Gasteiger charge is -2.08. The average molecular weight is 278 g/mol. The van der Waals surface area contributed by atoms with Gasteiger partial charge in [0.05, 0.1) is 22.5 Å². The zero-order valence-corrected chi connectivity index (χ0v) is 10.8. The van der Waals surface area contributed by atoms with Crippen molar-refractivity contribution in [1.82, 2.24) is 4.98 Å². The van der Waals surface area contributed by atoms with Crippen LogP contribution in [-0.2, 0) is 6.42 Å². The third-order valence-electron chi connectivity index (χ3n) is 2.53. The highest BCUT2D eigenvalue weighted by molar-refractivity contribution is 6.43. The van der Waals surface area contributed by atoms with Gasteiger partial charge in [0.2, 0.25) is 0 Å². The van der Waals surface area contributed by atoms with Crippen molar-refractivity contribution < 1.29 is 0 Å². The van der Waals surface area contributed by atoms with E-state index in [1.165, 1.54) is 0 Å². The van der Waals surface area contributed by atoms with Crippen LogP contribution in [0.4, 0.5) is 5.82 Å². The molecule has 0 saturated carbocycles. The first kappa shape index (κ1) is 12.7. The Morgan fingerprint density at radius 2 is 2.11 bits per heavy atom. The molecule has 2 aromatic rings. The standard InChI is InChI=1S/C13H9Cl2N3/c14-11-3-1-2-10(12(11)15)9-6-8(4-5-16)13(17)18-7-9/h1-3,6-7H,4H2,(H2,17,18). The predicted octanol–water partition coefficient (Wildman–Crippen LogP) is 3.70.